The summed E-state index contributed by atoms with van der Waals surface area (Å²) < 4.78 is 31.6. The fraction of sp³-hybridized carbons (Fsp3) is 0.474. The monoisotopic (exact) mass is 352 g/mol. The molecule has 2 aromatic carbocycles. The smallest absolute Gasteiger partial charge is 0.264 e. The summed E-state index contributed by atoms with van der Waals surface area (Å²) in [5.41, 5.74) is 1.52. The average molecular weight is 352 g/mol. The second kappa shape index (κ2) is 11.2. The van der Waals surface area contributed by atoms with E-state index in [-0.39, 0.29) is 0 Å². The van der Waals surface area contributed by atoms with E-state index in [0.29, 0.717) is 0 Å². The van der Waals surface area contributed by atoms with Crippen molar-refractivity contribution in [3.8, 4) is 0 Å². The molecule has 0 bridgehead atoms. The van der Waals surface area contributed by atoms with Gasteiger partial charge in [-0.25, -0.2) is 0 Å². The van der Waals surface area contributed by atoms with Crippen LogP contribution in [0.5, 0.6) is 0 Å². The van der Waals surface area contributed by atoms with Crippen LogP contribution in [-0.2, 0) is 16.8 Å². The Morgan fingerprint density at radius 3 is 2.00 bits per heavy atom. The van der Waals surface area contributed by atoms with Gasteiger partial charge in [0.2, 0.25) is 0 Å². The molecule has 0 aliphatic rings. The molecule has 0 aliphatic carbocycles. The van der Waals surface area contributed by atoms with Crippen molar-refractivity contribution < 1.29 is 17.5 Å². The van der Waals surface area contributed by atoms with Crippen LogP contribution in [0.2, 0.25) is 0 Å². The Morgan fingerprint density at radius 2 is 1.33 bits per heavy atom. The Kier molecular flexibility index (Phi) is 9.60. The van der Waals surface area contributed by atoms with Crippen LogP contribution in [0, 0.1) is 0 Å². The number of hydrogen-bond donors (Lipinski definition) is 2. The first-order valence-electron chi connectivity index (χ1n) is 8.58. The summed E-state index contributed by atoms with van der Waals surface area (Å²) >= 11 is 0. The van der Waals surface area contributed by atoms with E-state index in [9.17, 15) is 0 Å². The maximum Gasteiger partial charge on any atom is 0.394 e. The highest BCUT2D eigenvalue weighted by atomic mass is 32.3. The van der Waals surface area contributed by atoms with Crippen LogP contribution in [0.15, 0.2) is 42.5 Å². The molecule has 0 saturated heterocycles. The summed E-state index contributed by atoms with van der Waals surface area (Å²) in [7, 11) is -4.67. The van der Waals surface area contributed by atoms with Crippen molar-refractivity contribution in [3.63, 3.8) is 0 Å². The maximum absolute atomic E-state index is 8.74. The molecular formula is C19H28O4S. The van der Waals surface area contributed by atoms with Crippen LogP contribution >= 0.6 is 0 Å². The molecule has 0 fully saturated rings. The number of rotatable bonds is 8. The van der Waals surface area contributed by atoms with Gasteiger partial charge in [0.15, 0.2) is 0 Å². The van der Waals surface area contributed by atoms with Gasteiger partial charge in [0.25, 0.3) is 0 Å². The fourth-order valence-electron chi connectivity index (χ4n) is 2.78. The Hall–Kier alpha value is -1.43. The van der Waals surface area contributed by atoms with Gasteiger partial charge in [0.1, 0.15) is 0 Å². The largest absolute Gasteiger partial charge is 0.394 e. The minimum absolute atomic E-state index is 1.23. The Balaban J connectivity index is 0.000000505. The first kappa shape index (κ1) is 20.6. The second-order valence-corrected chi connectivity index (χ2v) is 6.85. The standard InChI is InChI=1S/C19H26.H2O4S/c1-2-3-4-5-6-7-8-12-17-14-11-15-18-13-9-10-16-19(17)18;1-5(2,3)4/h9-11,13-16H,2-8,12H2,1H3;(H2,1,2,3,4). The number of benzene rings is 2. The minimum Gasteiger partial charge on any atom is -0.264 e. The zero-order chi connectivity index (χ0) is 17.8. The highest BCUT2D eigenvalue weighted by Gasteiger charge is 2.00. The van der Waals surface area contributed by atoms with Crippen LogP contribution in [0.25, 0.3) is 10.8 Å². The lowest BCUT2D eigenvalue weighted by Crippen LogP contribution is -1.89. The molecule has 134 valence electrons. The van der Waals surface area contributed by atoms with E-state index in [1.54, 1.807) is 0 Å². The van der Waals surface area contributed by atoms with Gasteiger partial charge < -0.3 is 0 Å². The van der Waals surface area contributed by atoms with Gasteiger partial charge in [0, 0.05) is 0 Å². The van der Waals surface area contributed by atoms with E-state index in [2.05, 4.69) is 49.4 Å². The zero-order valence-corrected chi connectivity index (χ0v) is 15.1. The molecule has 0 amide bonds. The number of hydrogen-bond acceptors (Lipinski definition) is 2. The van der Waals surface area contributed by atoms with Gasteiger partial charge in [0.05, 0.1) is 0 Å². The van der Waals surface area contributed by atoms with Crippen LogP contribution < -0.4 is 0 Å². The van der Waals surface area contributed by atoms with Crippen molar-refractivity contribution in [3.05, 3.63) is 48.0 Å². The molecule has 0 aliphatic heterocycles. The molecule has 2 rings (SSSR count). The lowest BCUT2D eigenvalue weighted by Gasteiger charge is -2.06. The second-order valence-electron chi connectivity index (χ2n) is 5.96. The lowest BCUT2D eigenvalue weighted by atomic mass is 9.99. The van der Waals surface area contributed by atoms with Crippen molar-refractivity contribution in [2.45, 2.75) is 58.3 Å². The van der Waals surface area contributed by atoms with E-state index in [4.69, 9.17) is 17.5 Å². The predicted octanol–water partition coefficient (Wildman–Crippen LogP) is 5.48. The van der Waals surface area contributed by atoms with E-state index >= 15 is 0 Å². The normalized spacial score (nSPS) is 11.1. The van der Waals surface area contributed by atoms with Gasteiger partial charge in [-0.2, -0.15) is 8.42 Å². The average Bonchev–Trinajstić information content (AvgIpc) is 2.52. The summed E-state index contributed by atoms with van der Waals surface area (Å²) in [6.45, 7) is 2.28. The minimum atomic E-state index is -4.67. The Morgan fingerprint density at radius 1 is 0.792 bits per heavy atom. The highest BCUT2D eigenvalue weighted by molar-refractivity contribution is 7.79. The zero-order valence-electron chi connectivity index (χ0n) is 14.3. The molecule has 4 nitrogen and oxygen atoms in total. The number of unbranched alkanes of at least 4 members (excludes halogenated alkanes) is 6. The van der Waals surface area contributed by atoms with Crippen LogP contribution in [0.4, 0.5) is 0 Å². The Bertz CT molecular complexity index is 682. The van der Waals surface area contributed by atoms with Crippen molar-refractivity contribution in [2.75, 3.05) is 0 Å². The maximum atomic E-state index is 8.74. The summed E-state index contributed by atoms with van der Waals surface area (Å²) in [6.07, 6.45) is 10.9. The van der Waals surface area contributed by atoms with Crippen molar-refractivity contribution in [2.24, 2.45) is 0 Å². The van der Waals surface area contributed by atoms with Crippen LogP contribution in [0.3, 0.4) is 0 Å². The SMILES string of the molecule is CCCCCCCCCc1cccc2ccccc12.O=S(=O)(O)O. The highest BCUT2D eigenvalue weighted by Crippen LogP contribution is 2.20. The van der Waals surface area contributed by atoms with Gasteiger partial charge in [-0.1, -0.05) is 87.9 Å². The molecule has 24 heavy (non-hydrogen) atoms. The molecular weight excluding hydrogens is 324 g/mol. The predicted molar refractivity (Wildman–Crippen MR) is 99.8 cm³/mol. The quantitative estimate of drug-likeness (QED) is 0.487. The molecule has 0 heterocycles. The summed E-state index contributed by atoms with van der Waals surface area (Å²) in [6, 6.07) is 15.4. The third kappa shape index (κ3) is 9.65. The van der Waals surface area contributed by atoms with E-state index < -0.39 is 10.4 Å². The lowest BCUT2D eigenvalue weighted by molar-refractivity contribution is 0.381. The van der Waals surface area contributed by atoms with Gasteiger partial charge in [-0.05, 0) is 29.2 Å². The molecule has 0 atom stereocenters. The van der Waals surface area contributed by atoms with Crippen molar-refractivity contribution in [1.82, 2.24) is 0 Å². The van der Waals surface area contributed by atoms with Gasteiger partial charge in [-0.3, -0.25) is 9.11 Å². The molecule has 2 aromatic rings. The first-order chi connectivity index (χ1) is 11.4. The summed E-state index contributed by atoms with van der Waals surface area (Å²) in [4.78, 5) is 0. The van der Waals surface area contributed by atoms with E-state index in [1.165, 1.54) is 67.7 Å². The Labute approximate surface area is 145 Å². The third-order valence-corrected chi connectivity index (χ3v) is 3.93. The van der Waals surface area contributed by atoms with E-state index in [1.807, 2.05) is 0 Å². The number of aryl methyl sites for hydroxylation is 1. The van der Waals surface area contributed by atoms with Crippen LogP contribution in [-0.4, -0.2) is 17.5 Å². The van der Waals surface area contributed by atoms with Gasteiger partial charge in [-0.15, -0.1) is 0 Å². The molecule has 0 unspecified atom stereocenters. The molecule has 5 heteroatoms. The molecule has 2 N–H and O–H groups in total. The molecule has 0 spiro atoms. The van der Waals surface area contributed by atoms with E-state index in [0.717, 1.165) is 0 Å². The fourth-order valence-corrected chi connectivity index (χ4v) is 2.78. The van der Waals surface area contributed by atoms with Gasteiger partial charge >= 0.3 is 10.4 Å². The first-order valence-corrected chi connectivity index (χ1v) is 9.98. The molecule has 0 saturated carbocycles. The third-order valence-electron chi connectivity index (χ3n) is 3.93. The summed E-state index contributed by atoms with van der Waals surface area (Å²) in [5, 5.41) is 2.82. The molecule has 0 aromatic heterocycles. The van der Waals surface area contributed by atoms with Crippen molar-refractivity contribution in [1.29, 1.82) is 0 Å². The topological polar surface area (TPSA) is 74.6 Å². The summed E-state index contributed by atoms with van der Waals surface area (Å²) in [5.74, 6) is 0. The van der Waals surface area contributed by atoms with Crippen molar-refractivity contribution >= 4 is 21.2 Å². The van der Waals surface area contributed by atoms with Crippen LogP contribution in [0.1, 0.15) is 57.4 Å². The number of fused-ring (bicyclic) bond motifs is 1. The molecule has 0 radical (unpaired) electrons.